The van der Waals surface area contributed by atoms with Crippen molar-refractivity contribution in [3.8, 4) is 6.07 Å². The summed E-state index contributed by atoms with van der Waals surface area (Å²) in [6.45, 7) is 6.94. The summed E-state index contributed by atoms with van der Waals surface area (Å²) in [6.07, 6.45) is 5.35. The van der Waals surface area contributed by atoms with Gasteiger partial charge in [0.1, 0.15) is 17.5 Å². The second-order valence-electron chi connectivity index (χ2n) is 7.81. The molecule has 166 valence electrons. The van der Waals surface area contributed by atoms with E-state index in [-0.39, 0.29) is 0 Å². The number of nitrogens with zero attached hydrogens (tertiary/aromatic N) is 6. The summed E-state index contributed by atoms with van der Waals surface area (Å²) >= 11 is 1.53. The summed E-state index contributed by atoms with van der Waals surface area (Å²) in [7, 11) is 2.16. The minimum absolute atomic E-state index is 0.518. The molecule has 0 radical (unpaired) electrons. The molecule has 32 heavy (non-hydrogen) atoms. The van der Waals surface area contributed by atoms with E-state index in [1.165, 1.54) is 11.8 Å². The van der Waals surface area contributed by atoms with Crippen molar-refractivity contribution >= 4 is 29.1 Å². The molecule has 0 spiro atoms. The van der Waals surface area contributed by atoms with Crippen molar-refractivity contribution in [1.82, 2.24) is 25.2 Å². The molecule has 4 heterocycles. The second kappa shape index (κ2) is 10.5. The fourth-order valence-corrected chi connectivity index (χ4v) is 4.49. The Morgan fingerprint density at radius 1 is 1.22 bits per heavy atom. The molecule has 2 aliphatic heterocycles. The van der Waals surface area contributed by atoms with Crippen LogP contribution in [0.3, 0.4) is 0 Å². The number of nitriles is 1. The van der Waals surface area contributed by atoms with Crippen molar-refractivity contribution < 1.29 is 0 Å². The molecule has 2 N–H and O–H groups in total. The molecule has 0 unspecified atom stereocenters. The SMILES string of the molecule is CCC1=CS/C(=C(/C#N)c2ccnc(NCCc3ccc(N4CCN(C)CC4)nc3)n2)N1. The van der Waals surface area contributed by atoms with Gasteiger partial charge in [-0.3, -0.25) is 0 Å². The molecule has 1 saturated heterocycles. The highest BCUT2D eigenvalue weighted by Crippen LogP contribution is 2.31. The maximum absolute atomic E-state index is 9.67. The summed E-state index contributed by atoms with van der Waals surface area (Å²) in [5.74, 6) is 1.56. The van der Waals surface area contributed by atoms with Crippen molar-refractivity contribution in [3.63, 3.8) is 0 Å². The Morgan fingerprint density at radius 2 is 2.06 bits per heavy atom. The predicted octanol–water partition coefficient (Wildman–Crippen LogP) is 3.06. The van der Waals surface area contributed by atoms with Crippen molar-refractivity contribution in [1.29, 1.82) is 5.26 Å². The number of hydrogen-bond acceptors (Lipinski definition) is 9. The van der Waals surface area contributed by atoms with Crippen LogP contribution in [0.1, 0.15) is 24.6 Å². The van der Waals surface area contributed by atoms with Crippen molar-refractivity contribution in [2.24, 2.45) is 0 Å². The lowest BCUT2D eigenvalue weighted by molar-refractivity contribution is 0.312. The van der Waals surface area contributed by atoms with Gasteiger partial charge in [-0.25, -0.2) is 15.0 Å². The highest BCUT2D eigenvalue weighted by molar-refractivity contribution is 8.06. The molecule has 0 amide bonds. The fraction of sp³-hybridized carbons (Fsp3) is 0.391. The van der Waals surface area contributed by atoms with Crippen LogP contribution in [0.4, 0.5) is 11.8 Å². The number of likely N-dealkylation sites (N-methyl/N-ethyl adjacent to an activating group) is 1. The van der Waals surface area contributed by atoms with Gasteiger partial charge in [0.25, 0.3) is 0 Å². The first-order valence-electron chi connectivity index (χ1n) is 10.9. The summed E-state index contributed by atoms with van der Waals surface area (Å²) in [6, 6.07) is 8.29. The number of pyridine rings is 1. The number of thioether (sulfide) groups is 1. The lowest BCUT2D eigenvalue weighted by Gasteiger charge is -2.33. The largest absolute Gasteiger partial charge is 0.354 e. The van der Waals surface area contributed by atoms with Crippen LogP contribution in [0.15, 0.2) is 46.7 Å². The maximum atomic E-state index is 9.67. The number of rotatable bonds is 7. The number of hydrogen-bond donors (Lipinski definition) is 2. The van der Waals surface area contributed by atoms with Crippen molar-refractivity contribution in [2.45, 2.75) is 19.8 Å². The zero-order valence-corrected chi connectivity index (χ0v) is 19.3. The van der Waals surface area contributed by atoms with Gasteiger partial charge >= 0.3 is 0 Å². The topological polar surface area (TPSA) is 93.0 Å². The Balaban J connectivity index is 1.33. The molecule has 0 atom stereocenters. The van der Waals surface area contributed by atoms with Gasteiger partial charge in [-0.05, 0) is 43.0 Å². The van der Waals surface area contributed by atoms with Crippen LogP contribution in [0.2, 0.25) is 0 Å². The molecular formula is C23H28N8S. The Kier molecular flexibility index (Phi) is 7.24. The first kappa shape index (κ1) is 22.1. The minimum atomic E-state index is 0.518. The van der Waals surface area contributed by atoms with E-state index in [4.69, 9.17) is 0 Å². The summed E-state index contributed by atoms with van der Waals surface area (Å²) in [5.41, 5.74) is 3.42. The lowest BCUT2D eigenvalue weighted by Crippen LogP contribution is -2.44. The minimum Gasteiger partial charge on any atom is -0.354 e. The van der Waals surface area contributed by atoms with Gasteiger partial charge in [0.2, 0.25) is 5.95 Å². The van der Waals surface area contributed by atoms with Crippen molar-refractivity contribution in [2.75, 3.05) is 50.0 Å². The molecule has 9 heteroatoms. The third kappa shape index (κ3) is 5.39. The number of aromatic nitrogens is 3. The van der Waals surface area contributed by atoms with E-state index in [0.29, 0.717) is 23.8 Å². The van der Waals surface area contributed by atoms with Gasteiger partial charge in [0, 0.05) is 50.8 Å². The van der Waals surface area contributed by atoms with Crippen LogP contribution in [-0.4, -0.2) is 59.6 Å². The number of anilines is 2. The molecule has 0 bridgehead atoms. The van der Waals surface area contributed by atoms with Crippen LogP contribution >= 0.6 is 11.8 Å². The first-order chi connectivity index (χ1) is 15.7. The lowest BCUT2D eigenvalue weighted by atomic mass is 10.2. The third-order valence-electron chi connectivity index (χ3n) is 5.56. The Morgan fingerprint density at radius 3 is 2.75 bits per heavy atom. The van der Waals surface area contributed by atoms with Crippen LogP contribution in [0.25, 0.3) is 5.57 Å². The Hall–Kier alpha value is -3.09. The second-order valence-corrected chi connectivity index (χ2v) is 8.69. The Bertz CT molecular complexity index is 1030. The Labute approximate surface area is 193 Å². The molecule has 4 rings (SSSR count). The van der Waals surface area contributed by atoms with Crippen LogP contribution in [0, 0.1) is 11.3 Å². The zero-order chi connectivity index (χ0) is 22.3. The van der Waals surface area contributed by atoms with Crippen LogP contribution in [0.5, 0.6) is 0 Å². The van der Waals surface area contributed by atoms with Crippen LogP contribution < -0.4 is 15.5 Å². The van der Waals surface area contributed by atoms with E-state index in [0.717, 1.165) is 61.1 Å². The average Bonchev–Trinajstić information content (AvgIpc) is 3.30. The number of nitrogens with one attached hydrogen (secondary N) is 2. The molecule has 2 aromatic rings. The third-order valence-corrected chi connectivity index (χ3v) is 6.50. The van der Waals surface area contributed by atoms with E-state index >= 15 is 0 Å². The summed E-state index contributed by atoms with van der Waals surface area (Å²) in [5, 5.41) is 19.1. The molecular weight excluding hydrogens is 420 g/mol. The maximum Gasteiger partial charge on any atom is 0.223 e. The zero-order valence-electron chi connectivity index (χ0n) is 18.5. The number of piperazine rings is 1. The molecule has 0 aliphatic carbocycles. The van der Waals surface area contributed by atoms with E-state index in [1.54, 1.807) is 12.3 Å². The van der Waals surface area contributed by atoms with Gasteiger partial charge < -0.3 is 20.4 Å². The summed E-state index contributed by atoms with van der Waals surface area (Å²) < 4.78 is 0. The average molecular weight is 449 g/mol. The summed E-state index contributed by atoms with van der Waals surface area (Å²) in [4.78, 5) is 18.2. The van der Waals surface area contributed by atoms with E-state index in [2.05, 4.69) is 67.6 Å². The number of allylic oxidation sites excluding steroid dienone is 2. The first-order valence-corrected chi connectivity index (χ1v) is 11.8. The molecule has 0 aromatic carbocycles. The fourth-order valence-electron chi connectivity index (χ4n) is 3.54. The van der Waals surface area contributed by atoms with Gasteiger partial charge in [0.15, 0.2) is 0 Å². The van der Waals surface area contributed by atoms with Gasteiger partial charge in [0.05, 0.1) is 10.7 Å². The smallest absolute Gasteiger partial charge is 0.223 e. The monoisotopic (exact) mass is 448 g/mol. The quantitative estimate of drug-likeness (QED) is 0.620. The van der Waals surface area contributed by atoms with Gasteiger partial charge in [-0.1, -0.05) is 24.8 Å². The van der Waals surface area contributed by atoms with E-state index < -0.39 is 0 Å². The standard InChI is InChI=1S/C23H28N8S/c1-3-18-16-32-22(28-18)19(14-24)20-7-9-26-23(29-20)25-8-6-17-4-5-21(27-15-17)31-12-10-30(2)11-13-31/h4-5,7,9,15-16,28H,3,6,8,10-13H2,1-2H3,(H,25,26,29)/b22-19-. The van der Waals surface area contributed by atoms with E-state index in [1.807, 2.05) is 11.6 Å². The molecule has 2 aromatic heterocycles. The van der Waals surface area contributed by atoms with Gasteiger partial charge in [-0.15, -0.1) is 0 Å². The molecule has 1 fully saturated rings. The molecule has 0 saturated carbocycles. The highest BCUT2D eigenvalue weighted by Gasteiger charge is 2.17. The molecule has 8 nitrogen and oxygen atoms in total. The highest BCUT2D eigenvalue weighted by atomic mass is 32.2. The van der Waals surface area contributed by atoms with Gasteiger partial charge in [-0.2, -0.15) is 5.26 Å². The predicted molar refractivity (Wildman–Crippen MR) is 130 cm³/mol. The van der Waals surface area contributed by atoms with Crippen molar-refractivity contribution in [3.05, 3.63) is 58.0 Å². The van der Waals surface area contributed by atoms with Crippen LogP contribution in [-0.2, 0) is 6.42 Å². The normalized spacial score (nSPS) is 18.0. The molecule has 2 aliphatic rings. The van der Waals surface area contributed by atoms with E-state index in [9.17, 15) is 5.26 Å².